The van der Waals surface area contributed by atoms with Crippen LogP contribution in [-0.2, 0) is 11.3 Å². The number of hydrogen-bond donors (Lipinski definition) is 2. The molecule has 9 heteroatoms. The van der Waals surface area contributed by atoms with Crippen LogP contribution in [0.5, 0.6) is 5.75 Å². The first-order chi connectivity index (χ1) is 13.0. The van der Waals surface area contributed by atoms with E-state index in [1.54, 1.807) is 49.8 Å². The predicted octanol–water partition coefficient (Wildman–Crippen LogP) is 2.52. The summed E-state index contributed by atoms with van der Waals surface area (Å²) < 4.78 is 10.7. The van der Waals surface area contributed by atoms with Gasteiger partial charge >= 0.3 is 0 Å². The number of rotatable bonds is 8. The Labute approximate surface area is 168 Å². The van der Waals surface area contributed by atoms with Gasteiger partial charge in [-0.2, -0.15) is 0 Å². The average molecular weight is 409 g/mol. The molecule has 146 valence electrons. The Balaban J connectivity index is 1.79. The van der Waals surface area contributed by atoms with Gasteiger partial charge < -0.3 is 14.8 Å². The highest BCUT2D eigenvalue weighted by molar-refractivity contribution is 7.80. The molecule has 0 radical (unpaired) electrons. The Morgan fingerprint density at radius 2 is 2.07 bits per heavy atom. The minimum atomic E-state index is -0.250. The molecule has 0 saturated heterocycles. The molecule has 1 heterocycles. The van der Waals surface area contributed by atoms with Crippen LogP contribution in [0.4, 0.5) is 0 Å². The molecule has 0 aliphatic rings. The molecule has 1 aromatic heterocycles. The van der Waals surface area contributed by atoms with Crippen LogP contribution in [0.25, 0.3) is 0 Å². The van der Waals surface area contributed by atoms with Crippen LogP contribution in [0, 0.1) is 6.92 Å². The molecule has 0 spiro atoms. The first kappa shape index (κ1) is 21.1. The molecule has 2 aromatic rings. The number of benzene rings is 1. The summed E-state index contributed by atoms with van der Waals surface area (Å²) in [6.45, 7) is 3.70. The van der Waals surface area contributed by atoms with Gasteiger partial charge in [0.25, 0.3) is 5.91 Å². The zero-order valence-corrected chi connectivity index (χ0v) is 17.3. The quantitative estimate of drug-likeness (QED) is 0.395. The van der Waals surface area contributed by atoms with Crippen molar-refractivity contribution in [1.82, 2.24) is 20.7 Å². The average Bonchev–Trinajstić information content (AvgIpc) is 3.09. The molecule has 0 bridgehead atoms. The summed E-state index contributed by atoms with van der Waals surface area (Å²) in [4.78, 5) is 16.7. The normalized spacial score (nSPS) is 10.3. The first-order valence-corrected chi connectivity index (χ1v) is 9.73. The van der Waals surface area contributed by atoms with Gasteiger partial charge in [0.05, 0.1) is 10.7 Å². The van der Waals surface area contributed by atoms with Crippen LogP contribution in [0.2, 0.25) is 0 Å². The van der Waals surface area contributed by atoms with Gasteiger partial charge in [0.1, 0.15) is 12.4 Å². The highest BCUT2D eigenvalue weighted by Gasteiger charge is 2.11. The molecular weight excluding hydrogens is 384 g/mol. The van der Waals surface area contributed by atoms with Crippen molar-refractivity contribution in [3.05, 3.63) is 45.9 Å². The molecular formula is C18H24N4O3S2. The summed E-state index contributed by atoms with van der Waals surface area (Å²) in [5.74, 6) is 0.432. The van der Waals surface area contributed by atoms with Crippen molar-refractivity contribution in [3.63, 3.8) is 0 Å². The summed E-state index contributed by atoms with van der Waals surface area (Å²) in [5, 5.41) is 7.96. The maximum absolute atomic E-state index is 12.3. The van der Waals surface area contributed by atoms with E-state index >= 15 is 0 Å². The van der Waals surface area contributed by atoms with E-state index in [1.807, 2.05) is 12.3 Å². The van der Waals surface area contributed by atoms with Gasteiger partial charge in [0.2, 0.25) is 0 Å². The molecule has 0 aliphatic carbocycles. The summed E-state index contributed by atoms with van der Waals surface area (Å²) in [6, 6.07) is 6.94. The largest absolute Gasteiger partial charge is 0.487 e. The number of aromatic nitrogens is 1. The van der Waals surface area contributed by atoms with E-state index in [-0.39, 0.29) is 5.91 Å². The van der Waals surface area contributed by atoms with Gasteiger partial charge in [0.15, 0.2) is 5.11 Å². The van der Waals surface area contributed by atoms with Crippen LogP contribution in [0.1, 0.15) is 27.5 Å². The number of thiazole rings is 1. The van der Waals surface area contributed by atoms with Crippen molar-refractivity contribution in [2.75, 3.05) is 27.3 Å². The Bertz CT molecular complexity index is 749. The molecule has 1 aromatic carbocycles. The molecule has 7 nitrogen and oxygen atoms in total. The van der Waals surface area contributed by atoms with Crippen molar-refractivity contribution in [1.29, 1.82) is 0 Å². The summed E-state index contributed by atoms with van der Waals surface area (Å²) in [6.07, 6.45) is 0.834. The van der Waals surface area contributed by atoms with Crippen LogP contribution in [0.15, 0.2) is 29.6 Å². The van der Waals surface area contributed by atoms with Crippen LogP contribution in [-0.4, -0.2) is 48.3 Å². The number of methoxy groups -OCH3 is 1. The van der Waals surface area contributed by atoms with Gasteiger partial charge in [-0.15, -0.1) is 11.3 Å². The Kier molecular flexibility index (Phi) is 8.43. The van der Waals surface area contributed by atoms with Crippen molar-refractivity contribution < 1.29 is 14.3 Å². The molecule has 0 atom stereocenters. The maximum Gasteiger partial charge on any atom is 0.269 e. The van der Waals surface area contributed by atoms with Gasteiger partial charge in [-0.05, 0) is 49.8 Å². The molecule has 2 rings (SSSR count). The van der Waals surface area contributed by atoms with E-state index in [0.29, 0.717) is 36.2 Å². The molecule has 1 amide bonds. The molecule has 0 unspecified atom stereocenters. The SMILES string of the molecule is COCCCNC(=S)N(C)NC(=O)c1ccc(OCc2csc(C)n2)cc1. The number of carbonyl (C=O) groups is 1. The monoisotopic (exact) mass is 408 g/mol. The maximum atomic E-state index is 12.3. The number of aryl methyl sites for hydroxylation is 1. The fourth-order valence-corrected chi connectivity index (χ4v) is 2.88. The zero-order chi connectivity index (χ0) is 19.6. The van der Waals surface area contributed by atoms with Gasteiger partial charge in [-0.3, -0.25) is 15.2 Å². The Hall–Kier alpha value is -2.23. The second-order valence-electron chi connectivity index (χ2n) is 5.75. The van der Waals surface area contributed by atoms with E-state index in [9.17, 15) is 4.79 Å². The second kappa shape index (κ2) is 10.8. The first-order valence-electron chi connectivity index (χ1n) is 8.45. The Morgan fingerprint density at radius 3 is 2.70 bits per heavy atom. The van der Waals surface area contributed by atoms with E-state index in [0.717, 1.165) is 17.1 Å². The lowest BCUT2D eigenvalue weighted by Crippen LogP contribution is -2.48. The predicted molar refractivity (Wildman–Crippen MR) is 110 cm³/mol. The summed E-state index contributed by atoms with van der Waals surface area (Å²) >= 11 is 6.82. The van der Waals surface area contributed by atoms with Crippen molar-refractivity contribution in [3.8, 4) is 5.75 Å². The topological polar surface area (TPSA) is 75.7 Å². The number of nitrogens with zero attached hydrogens (tertiary/aromatic N) is 2. The van der Waals surface area contributed by atoms with E-state index in [1.165, 1.54) is 5.01 Å². The van der Waals surface area contributed by atoms with E-state index < -0.39 is 0 Å². The third-order valence-corrected chi connectivity index (χ3v) is 4.79. The van der Waals surface area contributed by atoms with Gasteiger partial charge in [0, 0.05) is 38.3 Å². The van der Waals surface area contributed by atoms with E-state index in [2.05, 4.69) is 15.7 Å². The third-order valence-electron chi connectivity index (χ3n) is 3.55. The summed E-state index contributed by atoms with van der Waals surface area (Å²) in [5.41, 5.74) is 4.14. The Morgan fingerprint density at radius 1 is 1.33 bits per heavy atom. The lowest BCUT2D eigenvalue weighted by molar-refractivity contribution is 0.0886. The molecule has 0 saturated carbocycles. The number of amides is 1. The van der Waals surface area contributed by atoms with Crippen molar-refractivity contribution in [2.24, 2.45) is 0 Å². The molecule has 2 N–H and O–H groups in total. The minimum Gasteiger partial charge on any atom is -0.487 e. The smallest absolute Gasteiger partial charge is 0.269 e. The van der Waals surface area contributed by atoms with Crippen molar-refractivity contribution in [2.45, 2.75) is 20.0 Å². The fraction of sp³-hybridized carbons (Fsp3) is 0.389. The van der Waals surface area contributed by atoms with E-state index in [4.69, 9.17) is 21.7 Å². The number of hydrazine groups is 1. The molecule has 0 aliphatic heterocycles. The minimum absolute atomic E-state index is 0.250. The third kappa shape index (κ3) is 7.12. The van der Waals surface area contributed by atoms with Gasteiger partial charge in [-0.25, -0.2) is 4.98 Å². The number of hydrogen-bond acceptors (Lipinski definition) is 6. The summed E-state index contributed by atoms with van der Waals surface area (Å²) in [7, 11) is 3.35. The highest BCUT2D eigenvalue weighted by Crippen LogP contribution is 2.15. The lowest BCUT2D eigenvalue weighted by Gasteiger charge is -2.21. The number of ether oxygens (including phenoxy) is 2. The highest BCUT2D eigenvalue weighted by atomic mass is 32.1. The number of nitrogens with one attached hydrogen (secondary N) is 2. The van der Waals surface area contributed by atoms with Crippen LogP contribution < -0.4 is 15.5 Å². The standard InChI is InChI=1S/C18H24N4O3S2/c1-13-20-15(12-27-13)11-25-16-7-5-14(6-8-16)17(23)21-22(2)18(26)19-9-4-10-24-3/h5-8,12H,4,9-11H2,1-3H3,(H,19,26)(H,21,23). The number of thiocarbonyl (C=S) groups is 1. The molecule has 0 fully saturated rings. The van der Waals surface area contributed by atoms with Crippen LogP contribution >= 0.6 is 23.6 Å². The van der Waals surface area contributed by atoms with Crippen molar-refractivity contribution >= 4 is 34.6 Å². The van der Waals surface area contributed by atoms with Gasteiger partial charge in [-0.1, -0.05) is 0 Å². The fourth-order valence-electron chi connectivity index (χ4n) is 2.13. The molecule has 27 heavy (non-hydrogen) atoms. The van der Waals surface area contributed by atoms with Crippen LogP contribution in [0.3, 0.4) is 0 Å². The number of carbonyl (C=O) groups excluding carboxylic acids is 1. The lowest BCUT2D eigenvalue weighted by atomic mass is 10.2. The second-order valence-corrected chi connectivity index (χ2v) is 7.20. The zero-order valence-electron chi connectivity index (χ0n) is 15.7.